The molecule has 1 amide bonds. The largest absolute Gasteiger partial charge is 0.493 e. The Bertz CT molecular complexity index is 500. The molecule has 0 aliphatic carbocycles. The normalized spacial score (nSPS) is 15.2. The zero-order valence-electron chi connectivity index (χ0n) is 14.4. The highest BCUT2D eigenvalue weighted by Crippen LogP contribution is 2.18. The van der Waals surface area contributed by atoms with Gasteiger partial charge in [-0.25, -0.2) is 0 Å². The lowest BCUT2D eigenvalue weighted by Gasteiger charge is -2.32. The van der Waals surface area contributed by atoms with Gasteiger partial charge in [-0.05, 0) is 69.5 Å². The van der Waals surface area contributed by atoms with E-state index in [2.05, 4.69) is 25.2 Å². The molecule has 2 rings (SSSR count). The predicted octanol–water partition coefficient (Wildman–Crippen LogP) is 2.95. The van der Waals surface area contributed by atoms with Gasteiger partial charge < -0.3 is 15.0 Å². The first-order chi connectivity index (χ1) is 10.6. The molecule has 1 saturated heterocycles. The number of rotatable bonds is 6. The van der Waals surface area contributed by atoms with Crippen LogP contribution in [0.25, 0.3) is 0 Å². The number of piperidine rings is 1. The molecule has 0 saturated carbocycles. The van der Waals surface area contributed by atoms with E-state index in [1.54, 1.807) is 0 Å². The highest BCUT2D eigenvalue weighted by atomic mass is 35.5. The number of aryl methyl sites for hydroxylation is 2. The Hall–Kier alpha value is -1.26. The molecule has 1 aromatic carbocycles. The first-order valence-electron chi connectivity index (χ1n) is 8.22. The molecule has 1 aliphatic rings. The van der Waals surface area contributed by atoms with Crippen molar-refractivity contribution in [2.75, 3.05) is 33.3 Å². The number of nitrogens with one attached hydrogen (secondary N) is 1. The van der Waals surface area contributed by atoms with Crippen LogP contribution >= 0.6 is 12.4 Å². The van der Waals surface area contributed by atoms with Gasteiger partial charge in [0.15, 0.2) is 0 Å². The average molecular weight is 341 g/mol. The van der Waals surface area contributed by atoms with E-state index in [-0.39, 0.29) is 18.3 Å². The molecule has 1 aliphatic heterocycles. The van der Waals surface area contributed by atoms with Crippen molar-refractivity contribution in [2.45, 2.75) is 33.1 Å². The highest BCUT2D eigenvalue weighted by Gasteiger charge is 2.21. The van der Waals surface area contributed by atoms with Crippen LogP contribution in [0, 0.1) is 19.8 Å². The fourth-order valence-electron chi connectivity index (χ4n) is 2.89. The second-order valence-corrected chi connectivity index (χ2v) is 6.23. The molecule has 1 fully saturated rings. The Morgan fingerprint density at radius 2 is 1.96 bits per heavy atom. The van der Waals surface area contributed by atoms with Gasteiger partial charge in [0.25, 0.3) is 0 Å². The van der Waals surface area contributed by atoms with E-state index in [4.69, 9.17) is 4.74 Å². The van der Waals surface area contributed by atoms with Crippen molar-refractivity contribution in [3.63, 3.8) is 0 Å². The number of likely N-dealkylation sites (tertiary alicyclic amines) is 1. The van der Waals surface area contributed by atoms with Crippen molar-refractivity contribution in [3.05, 3.63) is 29.3 Å². The Labute approximate surface area is 146 Å². The zero-order valence-corrected chi connectivity index (χ0v) is 15.2. The third-order valence-electron chi connectivity index (χ3n) is 4.52. The molecule has 1 heterocycles. The maximum atomic E-state index is 12.2. The number of carbonyl (C=O) groups is 1. The summed E-state index contributed by atoms with van der Waals surface area (Å²) in [6.45, 7) is 7.43. The van der Waals surface area contributed by atoms with E-state index >= 15 is 0 Å². The minimum absolute atomic E-state index is 0. The number of benzene rings is 1. The summed E-state index contributed by atoms with van der Waals surface area (Å²) >= 11 is 0. The maximum absolute atomic E-state index is 12.2. The van der Waals surface area contributed by atoms with Gasteiger partial charge >= 0.3 is 0 Å². The standard InChI is InChI=1S/C18H28N2O2.ClH/c1-14-4-5-17(12-15(14)2)22-11-8-18(21)20-9-6-16(7-10-20)13-19-3;/h4-5,12,16,19H,6-11,13H2,1-3H3;1H. The number of ether oxygens (including phenoxy) is 1. The fraction of sp³-hybridized carbons (Fsp3) is 0.611. The molecular weight excluding hydrogens is 312 g/mol. The second-order valence-electron chi connectivity index (χ2n) is 6.23. The highest BCUT2D eigenvalue weighted by molar-refractivity contribution is 5.85. The summed E-state index contributed by atoms with van der Waals surface area (Å²) in [6, 6.07) is 6.05. The van der Waals surface area contributed by atoms with Crippen molar-refractivity contribution in [3.8, 4) is 5.75 Å². The van der Waals surface area contributed by atoms with Gasteiger partial charge in [-0.15, -0.1) is 12.4 Å². The number of amides is 1. The lowest BCUT2D eigenvalue weighted by Crippen LogP contribution is -2.40. The van der Waals surface area contributed by atoms with Crippen LogP contribution in [0.5, 0.6) is 5.75 Å². The number of carbonyl (C=O) groups excluding carboxylic acids is 1. The molecule has 0 atom stereocenters. The molecule has 5 heteroatoms. The number of halogens is 1. The summed E-state index contributed by atoms with van der Waals surface area (Å²) in [6.07, 6.45) is 2.67. The van der Waals surface area contributed by atoms with Crippen LogP contribution in [0.1, 0.15) is 30.4 Å². The molecule has 0 spiro atoms. The molecule has 23 heavy (non-hydrogen) atoms. The third-order valence-corrected chi connectivity index (χ3v) is 4.52. The quantitative estimate of drug-likeness (QED) is 0.865. The van der Waals surface area contributed by atoms with Crippen LogP contribution in [0.2, 0.25) is 0 Å². The van der Waals surface area contributed by atoms with Gasteiger partial charge in [0.2, 0.25) is 5.91 Å². The fourth-order valence-corrected chi connectivity index (χ4v) is 2.89. The minimum Gasteiger partial charge on any atom is -0.493 e. The van der Waals surface area contributed by atoms with Crippen LogP contribution in [0.15, 0.2) is 18.2 Å². The molecular formula is C18H29ClN2O2. The van der Waals surface area contributed by atoms with Crippen molar-refractivity contribution in [1.29, 1.82) is 0 Å². The smallest absolute Gasteiger partial charge is 0.225 e. The lowest BCUT2D eigenvalue weighted by molar-refractivity contribution is -0.133. The molecule has 0 radical (unpaired) electrons. The first kappa shape index (κ1) is 19.8. The minimum atomic E-state index is 0. The van der Waals surface area contributed by atoms with E-state index in [0.29, 0.717) is 18.9 Å². The molecule has 1 aromatic rings. The Kier molecular flexibility index (Phi) is 8.42. The van der Waals surface area contributed by atoms with Gasteiger partial charge in [0, 0.05) is 13.1 Å². The topological polar surface area (TPSA) is 41.6 Å². The van der Waals surface area contributed by atoms with Crippen molar-refractivity contribution < 1.29 is 9.53 Å². The Morgan fingerprint density at radius 3 is 2.57 bits per heavy atom. The van der Waals surface area contributed by atoms with Crippen LogP contribution in [-0.4, -0.2) is 44.1 Å². The average Bonchev–Trinajstić information content (AvgIpc) is 2.52. The van der Waals surface area contributed by atoms with Crippen LogP contribution in [-0.2, 0) is 4.79 Å². The van der Waals surface area contributed by atoms with E-state index in [0.717, 1.165) is 38.2 Å². The SMILES string of the molecule is CNCC1CCN(C(=O)CCOc2ccc(C)c(C)c2)CC1.Cl. The molecule has 0 bridgehead atoms. The molecule has 130 valence electrons. The summed E-state index contributed by atoms with van der Waals surface area (Å²) in [4.78, 5) is 14.2. The second kappa shape index (κ2) is 9.78. The van der Waals surface area contributed by atoms with Gasteiger partial charge in [-0.2, -0.15) is 0 Å². The molecule has 1 N–H and O–H groups in total. The molecule has 0 unspecified atom stereocenters. The first-order valence-corrected chi connectivity index (χ1v) is 8.22. The number of hydrogen-bond donors (Lipinski definition) is 1. The molecule has 4 nitrogen and oxygen atoms in total. The van der Waals surface area contributed by atoms with Gasteiger partial charge in [0.05, 0.1) is 13.0 Å². The summed E-state index contributed by atoms with van der Waals surface area (Å²) < 4.78 is 5.71. The zero-order chi connectivity index (χ0) is 15.9. The van der Waals surface area contributed by atoms with E-state index in [1.807, 2.05) is 24.1 Å². The summed E-state index contributed by atoms with van der Waals surface area (Å²) in [5, 5.41) is 3.22. The maximum Gasteiger partial charge on any atom is 0.225 e. The number of nitrogens with zero attached hydrogens (tertiary/aromatic N) is 1. The van der Waals surface area contributed by atoms with Gasteiger partial charge in [0.1, 0.15) is 5.75 Å². The van der Waals surface area contributed by atoms with Crippen molar-refractivity contribution >= 4 is 18.3 Å². The van der Waals surface area contributed by atoms with Gasteiger partial charge in [-0.1, -0.05) is 6.07 Å². The summed E-state index contributed by atoms with van der Waals surface area (Å²) in [7, 11) is 1.99. The monoisotopic (exact) mass is 340 g/mol. The van der Waals surface area contributed by atoms with E-state index in [1.165, 1.54) is 11.1 Å². The summed E-state index contributed by atoms with van der Waals surface area (Å²) in [5.74, 6) is 1.77. The van der Waals surface area contributed by atoms with Gasteiger partial charge in [-0.3, -0.25) is 4.79 Å². The van der Waals surface area contributed by atoms with Crippen molar-refractivity contribution in [2.24, 2.45) is 5.92 Å². The van der Waals surface area contributed by atoms with Crippen LogP contribution in [0.4, 0.5) is 0 Å². The third kappa shape index (κ3) is 6.04. The predicted molar refractivity (Wildman–Crippen MR) is 96.5 cm³/mol. The van der Waals surface area contributed by atoms with Crippen LogP contribution < -0.4 is 10.1 Å². The van der Waals surface area contributed by atoms with Crippen LogP contribution in [0.3, 0.4) is 0 Å². The van der Waals surface area contributed by atoms with E-state index < -0.39 is 0 Å². The van der Waals surface area contributed by atoms with E-state index in [9.17, 15) is 4.79 Å². The Morgan fingerprint density at radius 1 is 1.26 bits per heavy atom. The lowest BCUT2D eigenvalue weighted by atomic mass is 9.97. The number of hydrogen-bond acceptors (Lipinski definition) is 3. The van der Waals surface area contributed by atoms with Crippen molar-refractivity contribution in [1.82, 2.24) is 10.2 Å². The Balaban J connectivity index is 0.00000264. The molecule has 0 aromatic heterocycles. The summed E-state index contributed by atoms with van der Waals surface area (Å²) in [5.41, 5.74) is 2.48.